The van der Waals surface area contributed by atoms with E-state index in [4.69, 9.17) is 9.47 Å². The van der Waals surface area contributed by atoms with Crippen molar-refractivity contribution in [1.82, 2.24) is 5.32 Å². The molecule has 0 heterocycles. The van der Waals surface area contributed by atoms with E-state index < -0.39 is 11.7 Å². The second-order valence-electron chi connectivity index (χ2n) is 8.96. The average Bonchev–Trinajstić information content (AvgIpc) is 2.80. The fraction of sp³-hybridized carbons (Fsp3) is 0.207. The summed E-state index contributed by atoms with van der Waals surface area (Å²) >= 11 is 0. The van der Waals surface area contributed by atoms with Gasteiger partial charge < -0.3 is 14.8 Å². The fourth-order valence-corrected chi connectivity index (χ4v) is 3.90. The van der Waals surface area contributed by atoms with Crippen LogP contribution in [0.3, 0.4) is 0 Å². The number of rotatable bonds is 6. The van der Waals surface area contributed by atoms with Crippen LogP contribution in [0.25, 0.3) is 10.8 Å². The van der Waals surface area contributed by atoms with Crippen molar-refractivity contribution in [1.29, 1.82) is 0 Å². The zero-order valence-electron chi connectivity index (χ0n) is 19.2. The molecule has 4 aromatic carbocycles. The molecule has 0 bridgehead atoms. The lowest BCUT2D eigenvalue weighted by molar-refractivity contribution is 0.0526. The lowest BCUT2D eigenvalue weighted by atomic mass is 9.87. The van der Waals surface area contributed by atoms with Crippen molar-refractivity contribution in [2.24, 2.45) is 0 Å². The van der Waals surface area contributed by atoms with Gasteiger partial charge in [0, 0.05) is 17.8 Å². The van der Waals surface area contributed by atoms with E-state index in [-0.39, 0.29) is 5.92 Å². The lowest BCUT2D eigenvalue weighted by Gasteiger charge is -2.24. The van der Waals surface area contributed by atoms with Crippen molar-refractivity contribution < 1.29 is 14.3 Å². The Balaban J connectivity index is 1.71. The van der Waals surface area contributed by atoms with Crippen LogP contribution >= 0.6 is 0 Å². The summed E-state index contributed by atoms with van der Waals surface area (Å²) in [6.07, 6.45) is -0.420. The number of benzene rings is 4. The molecule has 0 fully saturated rings. The van der Waals surface area contributed by atoms with Gasteiger partial charge in [0.15, 0.2) is 0 Å². The molecule has 4 rings (SSSR count). The third-order valence-electron chi connectivity index (χ3n) is 5.32. The van der Waals surface area contributed by atoms with E-state index in [1.807, 2.05) is 87.5 Å². The van der Waals surface area contributed by atoms with E-state index in [9.17, 15) is 4.79 Å². The summed E-state index contributed by atoms with van der Waals surface area (Å²) in [5.74, 6) is 1.54. The minimum Gasteiger partial charge on any atom is -0.457 e. The Hall–Kier alpha value is -3.79. The third kappa shape index (κ3) is 5.72. The van der Waals surface area contributed by atoms with Crippen molar-refractivity contribution >= 4 is 16.9 Å². The standard InChI is InChI=1S/C29H29NO3/c1-29(2,3)33-28(31)30-20-26(21-12-6-4-7-13-21)24-18-19-27(25-17-11-10-16-23(24)25)32-22-14-8-5-9-15-22/h4-19,26H,20H2,1-3H3,(H,30,31). The molecule has 0 saturated carbocycles. The van der Waals surface area contributed by atoms with Gasteiger partial charge in [-0.3, -0.25) is 0 Å². The minimum absolute atomic E-state index is 0.0469. The summed E-state index contributed by atoms with van der Waals surface area (Å²) in [5, 5.41) is 5.08. The van der Waals surface area contributed by atoms with Crippen LogP contribution in [0.15, 0.2) is 97.1 Å². The smallest absolute Gasteiger partial charge is 0.407 e. The fourth-order valence-electron chi connectivity index (χ4n) is 3.90. The Morgan fingerprint density at radius 2 is 1.39 bits per heavy atom. The molecule has 0 aliphatic rings. The number of hydrogen-bond acceptors (Lipinski definition) is 3. The van der Waals surface area contributed by atoms with Gasteiger partial charge in [-0.1, -0.05) is 78.9 Å². The molecule has 1 unspecified atom stereocenters. The van der Waals surface area contributed by atoms with Crippen molar-refractivity contribution in [3.05, 3.63) is 108 Å². The molecule has 4 heteroatoms. The highest BCUT2D eigenvalue weighted by Crippen LogP contribution is 2.37. The van der Waals surface area contributed by atoms with Gasteiger partial charge in [0.25, 0.3) is 0 Å². The van der Waals surface area contributed by atoms with Gasteiger partial charge in [-0.15, -0.1) is 0 Å². The summed E-state index contributed by atoms with van der Waals surface area (Å²) < 4.78 is 11.7. The zero-order valence-corrected chi connectivity index (χ0v) is 19.2. The molecule has 0 aromatic heterocycles. The van der Waals surface area contributed by atoms with E-state index in [0.29, 0.717) is 6.54 Å². The van der Waals surface area contributed by atoms with Gasteiger partial charge in [0.1, 0.15) is 17.1 Å². The highest BCUT2D eigenvalue weighted by Gasteiger charge is 2.21. The summed E-state index contributed by atoms with van der Waals surface area (Å²) in [6.45, 7) is 6.00. The highest BCUT2D eigenvalue weighted by atomic mass is 16.6. The molecule has 33 heavy (non-hydrogen) atoms. The predicted molar refractivity (Wildman–Crippen MR) is 133 cm³/mol. The largest absolute Gasteiger partial charge is 0.457 e. The first-order valence-electron chi connectivity index (χ1n) is 11.2. The summed E-state index contributed by atoms with van der Waals surface area (Å²) in [7, 11) is 0. The minimum atomic E-state index is -0.546. The van der Waals surface area contributed by atoms with E-state index in [2.05, 4.69) is 35.6 Å². The van der Waals surface area contributed by atoms with Crippen molar-refractivity contribution in [2.75, 3.05) is 6.54 Å². The summed E-state index contributed by atoms with van der Waals surface area (Å²) in [4.78, 5) is 12.4. The number of carbonyl (C=O) groups is 1. The van der Waals surface area contributed by atoms with Gasteiger partial charge in [0.05, 0.1) is 0 Å². The Kier molecular flexibility index (Phi) is 6.64. The Morgan fingerprint density at radius 3 is 2.06 bits per heavy atom. The van der Waals surface area contributed by atoms with Crippen LogP contribution in [0, 0.1) is 0 Å². The molecule has 0 saturated heterocycles. The van der Waals surface area contributed by atoms with E-state index >= 15 is 0 Å². The molecule has 1 N–H and O–H groups in total. The Morgan fingerprint density at radius 1 is 0.788 bits per heavy atom. The van der Waals surface area contributed by atoms with Crippen LogP contribution in [-0.4, -0.2) is 18.2 Å². The molecular formula is C29H29NO3. The summed E-state index contributed by atoms with van der Waals surface area (Å²) in [6, 6.07) is 32.3. The molecule has 1 amide bonds. The number of alkyl carbamates (subject to hydrolysis) is 1. The lowest BCUT2D eigenvalue weighted by Crippen LogP contribution is -2.35. The quantitative estimate of drug-likeness (QED) is 0.343. The molecule has 4 aromatic rings. The third-order valence-corrected chi connectivity index (χ3v) is 5.32. The van der Waals surface area contributed by atoms with Crippen molar-refractivity contribution in [2.45, 2.75) is 32.3 Å². The number of ether oxygens (including phenoxy) is 2. The molecular weight excluding hydrogens is 410 g/mol. The number of carbonyl (C=O) groups excluding carboxylic acids is 1. The first kappa shape index (κ1) is 22.4. The molecule has 0 aliphatic carbocycles. The average molecular weight is 440 g/mol. The van der Waals surface area contributed by atoms with Crippen LogP contribution in [0.2, 0.25) is 0 Å². The Bertz CT molecular complexity index is 1210. The van der Waals surface area contributed by atoms with Gasteiger partial charge >= 0.3 is 6.09 Å². The zero-order chi connectivity index (χ0) is 23.3. The predicted octanol–water partition coefficient (Wildman–Crippen LogP) is 7.29. The second kappa shape index (κ2) is 9.78. The van der Waals surface area contributed by atoms with E-state index in [0.717, 1.165) is 33.4 Å². The maximum Gasteiger partial charge on any atom is 0.407 e. The van der Waals surface area contributed by atoms with Gasteiger partial charge in [0.2, 0.25) is 0 Å². The van der Waals surface area contributed by atoms with Crippen LogP contribution in [0.1, 0.15) is 37.8 Å². The molecule has 0 spiro atoms. The van der Waals surface area contributed by atoms with E-state index in [1.165, 1.54) is 0 Å². The molecule has 0 radical (unpaired) electrons. The first-order valence-corrected chi connectivity index (χ1v) is 11.2. The van der Waals surface area contributed by atoms with Gasteiger partial charge in [-0.2, -0.15) is 0 Å². The number of hydrogen-bond donors (Lipinski definition) is 1. The number of amides is 1. The monoisotopic (exact) mass is 439 g/mol. The first-order chi connectivity index (χ1) is 15.9. The molecule has 0 aliphatic heterocycles. The number of nitrogens with one attached hydrogen (secondary N) is 1. The van der Waals surface area contributed by atoms with E-state index in [1.54, 1.807) is 0 Å². The molecule has 1 atom stereocenters. The topological polar surface area (TPSA) is 47.6 Å². The maximum absolute atomic E-state index is 12.4. The summed E-state index contributed by atoms with van der Waals surface area (Å²) in [5.41, 5.74) is 1.69. The maximum atomic E-state index is 12.4. The van der Waals surface area contributed by atoms with Gasteiger partial charge in [-0.25, -0.2) is 4.79 Å². The highest BCUT2D eigenvalue weighted by molar-refractivity contribution is 5.92. The normalized spacial score (nSPS) is 12.2. The number of fused-ring (bicyclic) bond motifs is 1. The molecule has 168 valence electrons. The van der Waals surface area contributed by atoms with Crippen molar-refractivity contribution in [3.8, 4) is 11.5 Å². The molecule has 4 nitrogen and oxygen atoms in total. The SMILES string of the molecule is CC(C)(C)OC(=O)NCC(c1ccccc1)c1ccc(Oc2ccccc2)c2ccccc12. The van der Waals surface area contributed by atoms with Crippen LogP contribution in [0.5, 0.6) is 11.5 Å². The number of para-hydroxylation sites is 1. The Labute approximate surface area is 195 Å². The second-order valence-corrected chi connectivity index (χ2v) is 8.96. The van der Waals surface area contributed by atoms with Crippen LogP contribution in [-0.2, 0) is 4.74 Å². The van der Waals surface area contributed by atoms with Crippen LogP contribution in [0.4, 0.5) is 4.79 Å². The van der Waals surface area contributed by atoms with Gasteiger partial charge in [-0.05, 0) is 55.5 Å². The van der Waals surface area contributed by atoms with Crippen LogP contribution < -0.4 is 10.1 Å². The van der Waals surface area contributed by atoms with Crippen molar-refractivity contribution in [3.63, 3.8) is 0 Å².